The zero-order chi connectivity index (χ0) is 13.7. The molecule has 0 saturated carbocycles. The highest BCUT2D eigenvalue weighted by molar-refractivity contribution is 7.99. The number of carbonyl (C=O) groups excluding carboxylic acids is 1. The first-order valence-electron chi connectivity index (χ1n) is 6.04. The van der Waals surface area contributed by atoms with Crippen LogP contribution in [-0.4, -0.2) is 23.7 Å². The van der Waals surface area contributed by atoms with Gasteiger partial charge in [0.15, 0.2) is 0 Å². The molecule has 0 spiro atoms. The quantitative estimate of drug-likeness (QED) is 0.802. The molecule has 1 aromatic heterocycles. The highest BCUT2D eigenvalue weighted by Crippen LogP contribution is 2.18. The van der Waals surface area contributed by atoms with Crippen molar-refractivity contribution in [3.63, 3.8) is 0 Å². The number of aryl methyl sites for hydroxylation is 1. The maximum Gasteiger partial charge on any atom is 0.237 e. The Morgan fingerprint density at radius 1 is 1.21 bits per heavy atom. The first kappa shape index (κ1) is 13.6. The van der Waals surface area contributed by atoms with Crippen molar-refractivity contribution in [1.82, 2.24) is 4.98 Å². The third-order valence-corrected chi connectivity index (χ3v) is 3.67. The van der Waals surface area contributed by atoms with Crippen LogP contribution in [0.15, 0.2) is 53.7 Å². The first-order chi connectivity index (χ1) is 9.16. The number of hydrogen-bond acceptors (Lipinski definition) is 3. The van der Waals surface area contributed by atoms with E-state index in [1.54, 1.807) is 11.9 Å². The van der Waals surface area contributed by atoms with Crippen LogP contribution < -0.4 is 4.90 Å². The fraction of sp³-hybridized carbons (Fsp3) is 0.200. The standard InChI is InChI=1S/C15H16N2OS/c1-12-8-9-14(16-10-12)19-11-15(18)17(2)13-6-4-3-5-7-13/h3-10H,11H2,1-2H3. The number of pyridine rings is 1. The number of anilines is 1. The van der Waals surface area contributed by atoms with Crippen LogP contribution in [0.2, 0.25) is 0 Å². The Morgan fingerprint density at radius 3 is 2.58 bits per heavy atom. The van der Waals surface area contributed by atoms with Crippen molar-refractivity contribution in [2.45, 2.75) is 11.9 Å². The van der Waals surface area contributed by atoms with Gasteiger partial charge >= 0.3 is 0 Å². The van der Waals surface area contributed by atoms with Gasteiger partial charge in [-0.2, -0.15) is 0 Å². The summed E-state index contributed by atoms with van der Waals surface area (Å²) in [4.78, 5) is 18.0. The molecule has 2 rings (SSSR count). The predicted molar refractivity (Wildman–Crippen MR) is 79.6 cm³/mol. The van der Waals surface area contributed by atoms with E-state index in [0.29, 0.717) is 5.75 Å². The fourth-order valence-corrected chi connectivity index (χ4v) is 2.32. The number of benzene rings is 1. The second-order valence-corrected chi connectivity index (χ2v) is 5.25. The van der Waals surface area contributed by atoms with E-state index in [1.165, 1.54) is 11.8 Å². The third-order valence-electron chi connectivity index (χ3n) is 2.75. The molecule has 0 fully saturated rings. The van der Waals surface area contributed by atoms with Gasteiger partial charge in [0.2, 0.25) is 5.91 Å². The number of carbonyl (C=O) groups is 1. The molecule has 4 heteroatoms. The van der Waals surface area contributed by atoms with E-state index in [0.717, 1.165) is 16.3 Å². The van der Waals surface area contributed by atoms with Crippen molar-refractivity contribution in [3.05, 3.63) is 54.2 Å². The Hall–Kier alpha value is -1.81. The summed E-state index contributed by atoms with van der Waals surface area (Å²) in [6.45, 7) is 2.00. The molecule has 0 saturated heterocycles. The monoisotopic (exact) mass is 272 g/mol. The van der Waals surface area contributed by atoms with Crippen LogP contribution in [0.25, 0.3) is 0 Å². The highest BCUT2D eigenvalue weighted by atomic mass is 32.2. The van der Waals surface area contributed by atoms with E-state index in [1.807, 2.05) is 55.6 Å². The van der Waals surface area contributed by atoms with Crippen molar-refractivity contribution >= 4 is 23.4 Å². The zero-order valence-electron chi connectivity index (χ0n) is 11.0. The minimum Gasteiger partial charge on any atom is -0.315 e. The topological polar surface area (TPSA) is 33.2 Å². The van der Waals surface area contributed by atoms with Gasteiger partial charge < -0.3 is 4.90 Å². The number of amides is 1. The third kappa shape index (κ3) is 3.83. The van der Waals surface area contributed by atoms with Crippen LogP contribution >= 0.6 is 11.8 Å². The highest BCUT2D eigenvalue weighted by Gasteiger charge is 2.11. The summed E-state index contributed by atoms with van der Waals surface area (Å²) in [5, 5.41) is 0.875. The van der Waals surface area contributed by atoms with Gasteiger partial charge in [0.1, 0.15) is 0 Å². The molecule has 98 valence electrons. The number of aromatic nitrogens is 1. The average molecular weight is 272 g/mol. The lowest BCUT2D eigenvalue weighted by molar-refractivity contribution is -0.115. The van der Waals surface area contributed by atoms with Crippen molar-refractivity contribution in [2.75, 3.05) is 17.7 Å². The second kappa shape index (κ2) is 6.38. The predicted octanol–water partition coefficient (Wildman–Crippen LogP) is 3.15. The smallest absolute Gasteiger partial charge is 0.237 e. The molecule has 19 heavy (non-hydrogen) atoms. The minimum atomic E-state index is 0.0681. The molecule has 0 radical (unpaired) electrons. The molecular weight excluding hydrogens is 256 g/mol. The second-order valence-electron chi connectivity index (χ2n) is 4.25. The van der Waals surface area contributed by atoms with Crippen LogP contribution in [0.3, 0.4) is 0 Å². The molecule has 1 aromatic carbocycles. The Balaban J connectivity index is 1.93. The first-order valence-corrected chi connectivity index (χ1v) is 7.02. The molecule has 0 bridgehead atoms. The summed E-state index contributed by atoms with van der Waals surface area (Å²) >= 11 is 1.46. The summed E-state index contributed by atoms with van der Waals surface area (Å²) < 4.78 is 0. The number of hydrogen-bond donors (Lipinski definition) is 0. The van der Waals surface area contributed by atoms with Crippen LogP contribution in [0, 0.1) is 6.92 Å². The fourth-order valence-electron chi connectivity index (χ4n) is 1.57. The van der Waals surface area contributed by atoms with Gasteiger partial charge in [0.25, 0.3) is 0 Å². The zero-order valence-corrected chi connectivity index (χ0v) is 11.9. The Kier molecular flexibility index (Phi) is 4.58. The maximum absolute atomic E-state index is 12.1. The molecule has 0 atom stereocenters. The van der Waals surface area contributed by atoms with Gasteiger partial charge in [-0.05, 0) is 30.7 Å². The van der Waals surface area contributed by atoms with Gasteiger partial charge in [-0.15, -0.1) is 0 Å². The average Bonchev–Trinajstić information content (AvgIpc) is 2.46. The molecule has 0 aliphatic heterocycles. The molecule has 1 heterocycles. The number of para-hydroxylation sites is 1. The summed E-state index contributed by atoms with van der Waals surface area (Å²) in [5.41, 5.74) is 2.03. The van der Waals surface area contributed by atoms with Gasteiger partial charge in [0, 0.05) is 18.9 Å². The Bertz CT molecular complexity index is 540. The minimum absolute atomic E-state index is 0.0681. The Labute approximate surface area is 117 Å². The molecule has 0 aliphatic rings. The summed E-state index contributed by atoms with van der Waals surface area (Å²) in [5.74, 6) is 0.458. The number of thioether (sulfide) groups is 1. The van der Waals surface area contributed by atoms with E-state index in [2.05, 4.69) is 4.98 Å². The molecular formula is C15H16N2OS. The molecule has 2 aromatic rings. The molecule has 1 amide bonds. The maximum atomic E-state index is 12.1. The number of nitrogens with zero attached hydrogens (tertiary/aromatic N) is 2. The van der Waals surface area contributed by atoms with E-state index in [9.17, 15) is 4.79 Å². The number of rotatable bonds is 4. The molecule has 3 nitrogen and oxygen atoms in total. The van der Waals surface area contributed by atoms with E-state index in [-0.39, 0.29) is 5.91 Å². The van der Waals surface area contributed by atoms with Crippen molar-refractivity contribution in [2.24, 2.45) is 0 Å². The summed E-state index contributed by atoms with van der Waals surface area (Å²) in [6, 6.07) is 13.6. The Morgan fingerprint density at radius 2 is 1.95 bits per heavy atom. The normalized spacial score (nSPS) is 10.2. The lowest BCUT2D eigenvalue weighted by Crippen LogP contribution is -2.27. The van der Waals surface area contributed by atoms with E-state index < -0.39 is 0 Å². The van der Waals surface area contributed by atoms with Crippen LogP contribution in [0.1, 0.15) is 5.56 Å². The molecule has 0 N–H and O–H groups in total. The van der Waals surface area contributed by atoms with Gasteiger partial charge in [-0.3, -0.25) is 4.79 Å². The van der Waals surface area contributed by atoms with Crippen molar-refractivity contribution in [3.8, 4) is 0 Å². The SMILES string of the molecule is Cc1ccc(SCC(=O)N(C)c2ccccc2)nc1. The van der Waals surface area contributed by atoms with Crippen LogP contribution in [-0.2, 0) is 4.79 Å². The van der Waals surface area contributed by atoms with Gasteiger partial charge in [-0.1, -0.05) is 36.0 Å². The van der Waals surface area contributed by atoms with Gasteiger partial charge in [-0.25, -0.2) is 4.98 Å². The van der Waals surface area contributed by atoms with Crippen LogP contribution in [0.5, 0.6) is 0 Å². The summed E-state index contributed by atoms with van der Waals surface area (Å²) in [6.07, 6.45) is 1.81. The lowest BCUT2D eigenvalue weighted by Gasteiger charge is -2.16. The summed E-state index contributed by atoms with van der Waals surface area (Å²) in [7, 11) is 1.79. The van der Waals surface area contributed by atoms with E-state index in [4.69, 9.17) is 0 Å². The largest absolute Gasteiger partial charge is 0.315 e. The van der Waals surface area contributed by atoms with Crippen molar-refractivity contribution in [1.29, 1.82) is 0 Å². The van der Waals surface area contributed by atoms with E-state index >= 15 is 0 Å². The molecule has 0 aliphatic carbocycles. The van der Waals surface area contributed by atoms with Gasteiger partial charge in [0.05, 0.1) is 10.8 Å². The lowest BCUT2D eigenvalue weighted by atomic mass is 10.3. The molecule has 0 unspecified atom stereocenters. The van der Waals surface area contributed by atoms with Crippen molar-refractivity contribution < 1.29 is 4.79 Å². The van der Waals surface area contributed by atoms with Crippen LogP contribution in [0.4, 0.5) is 5.69 Å².